The minimum atomic E-state index is -0.315. The van der Waals surface area contributed by atoms with Gasteiger partial charge in [-0.1, -0.05) is 42.8 Å². The number of nitrogens with zero attached hydrogens (tertiary/aromatic N) is 2. The Morgan fingerprint density at radius 2 is 2.00 bits per heavy atom. The molecule has 0 spiro atoms. The lowest BCUT2D eigenvalue weighted by molar-refractivity contribution is -0.137. The summed E-state index contributed by atoms with van der Waals surface area (Å²) in [6, 6.07) is 16.4. The minimum absolute atomic E-state index is 0. The Bertz CT molecular complexity index is 963. The Morgan fingerprint density at radius 3 is 2.79 bits per heavy atom. The summed E-state index contributed by atoms with van der Waals surface area (Å²) < 4.78 is 7.24. The Kier molecular flexibility index (Phi) is 7.44. The van der Waals surface area contributed by atoms with Gasteiger partial charge in [0.2, 0.25) is 0 Å². The highest BCUT2D eigenvalue weighted by Crippen LogP contribution is 2.27. The van der Waals surface area contributed by atoms with Crippen LogP contribution in [0.2, 0.25) is 0 Å². The maximum atomic E-state index is 12.2. The lowest BCUT2D eigenvalue weighted by atomic mass is 10.0. The van der Waals surface area contributed by atoms with Crippen molar-refractivity contribution in [3.05, 3.63) is 66.4 Å². The molecule has 3 heterocycles. The van der Waals surface area contributed by atoms with Crippen molar-refractivity contribution in [2.24, 2.45) is 0 Å². The van der Waals surface area contributed by atoms with E-state index in [1.807, 2.05) is 65.3 Å². The molecule has 152 valence electrons. The SMILES string of the molecule is Cl.O=C(/C=C/c1c(-c2ccccc2)nn2ccccc12)OCCC1CCCCN1. The summed E-state index contributed by atoms with van der Waals surface area (Å²) in [5, 5.41) is 8.16. The van der Waals surface area contributed by atoms with E-state index in [1.165, 1.54) is 18.9 Å². The van der Waals surface area contributed by atoms with Gasteiger partial charge in [0.05, 0.1) is 12.1 Å². The molecular weight excluding hydrogens is 386 g/mol. The van der Waals surface area contributed by atoms with Gasteiger partial charge >= 0.3 is 5.97 Å². The van der Waals surface area contributed by atoms with Gasteiger partial charge in [0.25, 0.3) is 0 Å². The topological polar surface area (TPSA) is 55.6 Å². The molecule has 1 aliphatic heterocycles. The second-order valence-electron chi connectivity index (χ2n) is 7.10. The van der Waals surface area contributed by atoms with Crippen LogP contribution in [0, 0.1) is 0 Å². The van der Waals surface area contributed by atoms with E-state index in [-0.39, 0.29) is 18.4 Å². The largest absolute Gasteiger partial charge is 0.462 e. The van der Waals surface area contributed by atoms with Gasteiger partial charge in [-0.3, -0.25) is 0 Å². The van der Waals surface area contributed by atoms with Gasteiger partial charge in [-0.05, 0) is 44.0 Å². The van der Waals surface area contributed by atoms with Crippen LogP contribution in [-0.2, 0) is 9.53 Å². The number of pyridine rings is 1. The average Bonchev–Trinajstić information content (AvgIpc) is 3.12. The van der Waals surface area contributed by atoms with E-state index >= 15 is 0 Å². The Hall–Kier alpha value is -2.63. The summed E-state index contributed by atoms with van der Waals surface area (Å²) in [6.45, 7) is 1.51. The Balaban J connectivity index is 0.00000240. The first-order valence-corrected chi connectivity index (χ1v) is 9.92. The van der Waals surface area contributed by atoms with Crippen molar-refractivity contribution in [2.75, 3.05) is 13.2 Å². The number of benzene rings is 1. The van der Waals surface area contributed by atoms with Crippen LogP contribution in [0.15, 0.2) is 60.8 Å². The summed E-state index contributed by atoms with van der Waals surface area (Å²) in [7, 11) is 0. The van der Waals surface area contributed by atoms with E-state index in [1.54, 1.807) is 0 Å². The number of hydrogen-bond donors (Lipinski definition) is 1. The number of carbonyl (C=O) groups is 1. The first-order chi connectivity index (χ1) is 13.8. The molecule has 6 heteroatoms. The zero-order valence-electron chi connectivity index (χ0n) is 16.3. The number of nitrogens with one attached hydrogen (secondary N) is 1. The molecule has 29 heavy (non-hydrogen) atoms. The third kappa shape index (κ3) is 5.25. The molecule has 1 aromatic carbocycles. The lowest BCUT2D eigenvalue weighted by Gasteiger charge is -2.22. The van der Waals surface area contributed by atoms with Crippen molar-refractivity contribution < 1.29 is 9.53 Å². The number of hydrogen-bond acceptors (Lipinski definition) is 4. The molecule has 0 amide bonds. The second-order valence-corrected chi connectivity index (χ2v) is 7.10. The van der Waals surface area contributed by atoms with Crippen molar-refractivity contribution in [1.29, 1.82) is 0 Å². The van der Waals surface area contributed by atoms with Crippen LogP contribution in [0.4, 0.5) is 0 Å². The van der Waals surface area contributed by atoms with E-state index in [9.17, 15) is 4.79 Å². The highest BCUT2D eigenvalue weighted by Gasteiger charge is 2.14. The Labute approximate surface area is 177 Å². The summed E-state index contributed by atoms with van der Waals surface area (Å²) in [6.07, 6.45) is 9.75. The zero-order valence-corrected chi connectivity index (χ0v) is 17.1. The number of piperidine rings is 1. The summed E-state index contributed by atoms with van der Waals surface area (Å²) in [5.41, 5.74) is 3.74. The molecule has 0 bridgehead atoms. The number of carbonyl (C=O) groups excluding carboxylic acids is 1. The molecule has 5 nitrogen and oxygen atoms in total. The number of rotatable bonds is 6. The quantitative estimate of drug-likeness (QED) is 0.479. The van der Waals surface area contributed by atoms with Gasteiger partial charge in [-0.15, -0.1) is 12.4 Å². The fourth-order valence-electron chi connectivity index (χ4n) is 3.66. The zero-order chi connectivity index (χ0) is 19.2. The molecule has 1 fully saturated rings. The maximum absolute atomic E-state index is 12.2. The molecule has 2 aromatic heterocycles. The van der Waals surface area contributed by atoms with Crippen LogP contribution in [0.1, 0.15) is 31.2 Å². The molecule has 3 aromatic rings. The van der Waals surface area contributed by atoms with Gasteiger partial charge in [-0.25, -0.2) is 9.31 Å². The molecule has 1 unspecified atom stereocenters. The fourth-order valence-corrected chi connectivity index (χ4v) is 3.66. The first-order valence-electron chi connectivity index (χ1n) is 9.92. The minimum Gasteiger partial charge on any atom is -0.462 e. The monoisotopic (exact) mass is 411 g/mol. The highest BCUT2D eigenvalue weighted by molar-refractivity contribution is 5.92. The van der Waals surface area contributed by atoms with Gasteiger partial charge < -0.3 is 10.1 Å². The molecule has 1 N–H and O–H groups in total. The van der Waals surface area contributed by atoms with Gasteiger partial charge in [0.1, 0.15) is 5.69 Å². The molecule has 0 aliphatic carbocycles. The third-order valence-electron chi connectivity index (χ3n) is 5.13. The van der Waals surface area contributed by atoms with E-state index in [0.717, 1.165) is 41.7 Å². The molecule has 4 rings (SSSR count). The van der Waals surface area contributed by atoms with E-state index < -0.39 is 0 Å². The molecule has 0 radical (unpaired) electrons. The fraction of sp³-hybridized carbons (Fsp3) is 0.304. The molecule has 1 atom stereocenters. The number of aromatic nitrogens is 2. The third-order valence-corrected chi connectivity index (χ3v) is 5.13. The van der Waals surface area contributed by atoms with Crippen LogP contribution >= 0.6 is 12.4 Å². The van der Waals surface area contributed by atoms with Crippen LogP contribution in [0.5, 0.6) is 0 Å². The molecule has 1 saturated heterocycles. The van der Waals surface area contributed by atoms with E-state index in [2.05, 4.69) is 10.4 Å². The van der Waals surface area contributed by atoms with E-state index in [4.69, 9.17) is 4.74 Å². The molecule has 0 saturated carbocycles. The number of ether oxygens (including phenoxy) is 1. The first kappa shape index (κ1) is 21.1. The smallest absolute Gasteiger partial charge is 0.330 e. The number of fused-ring (bicyclic) bond motifs is 1. The molecule has 1 aliphatic rings. The van der Waals surface area contributed by atoms with Crippen LogP contribution < -0.4 is 5.32 Å². The second kappa shape index (κ2) is 10.2. The number of halogens is 1. The maximum Gasteiger partial charge on any atom is 0.330 e. The number of esters is 1. The van der Waals surface area contributed by atoms with E-state index in [0.29, 0.717) is 12.6 Å². The normalized spacial score (nSPS) is 16.6. The van der Waals surface area contributed by atoms with Gasteiger partial charge in [0.15, 0.2) is 0 Å². The average molecular weight is 412 g/mol. The van der Waals surface area contributed by atoms with Crippen LogP contribution in [0.3, 0.4) is 0 Å². The van der Waals surface area contributed by atoms with Crippen molar-refractivity contribution in [3.63, 3.8) is 0 Å². The molecular formula is C23H26ClN3O2. The van der Waals surface area contributed by atoms with Crippen molar-refractivity contribution in [1.82, 2.24) is 14.9 Å². The van der Waals surface area contributed by atoms with Gasteiger partial charge in [0, 0.05) is 29.4 Å². The predicted octanol–water partition coefficient (Wildman–Crippen LogP) is 4.51. The van der Waals surface area contributed by atoms with Gasteiger partial charge in [-0.2, -0.15) is 5.10 Å². The van der Waals surface area contributed by atoms with Crippen molar-refractivity contribution in [3.8, 4) is 11.3 Å². The van der Waals surface area contributed by atoms with Crippen LogP contribution in [0.25, 0.3) is 22.9 Å². The van der Waals surface area contributed by atoms with Crippen molar-refractivity contribution >= 4 is 30.0 Å². The highest BCUT2D eigenvalue weighted by atomic mass is 35.5. The standard InChI is InChI=1S/C23H25N3O2.ClH/c27-22(28-17-14-19-10-4-6-15-24-19)13-12-20-21-11-5-7-16-26(21)25-23(20)18-8-2-1-3-9-18;/h1-3,5,7-9,11-13,16,19,24H,4,6,10,14-15,17H2;1H/b13-12+;. The van der Waals surface area contributed by atoms with Crippen LogP contribution in [-0.4, -0.2) is 34.8 Å². The summed E-state index contributed by atoms with van der Waals surface area (Å²) >= 11 is 0. The predicted molar refractivity (Wildman–Crippen MR) is 118 cm³/mol. The lowest BCUT2D eigenvalue weighted by Crippen LogP contribution is -2.34. The summed E-state index contributed by atoms with van der Waals surface area (Å²) in [4.78, 5) is 12.2. The summed E-state index contributed by atoms with van der Waals surface area (Å²) in [5.74, 6) is -0.315. The van der Waals surface area contributed by atoms with Crippen molar-refractivity contribution in [2.45, 2.75) is 31.7 Å². The Morgan fingerprint density at radius 1 is 1.17 bits per heavy atom.